The number of H-pyrrole nitrogens is 1. The van der Waals surface area contributed by atoms with Crippen LogP contribution in [-0.4, -0.2) is 34.9 Å². The van der Waals surface area contributed by atoms with Gasteiger partial charge in [0.15, 0.2) is 0 Å². The van der Waals surface area contributed by atoms with E-state index in [1.807, 2.05) is 6.92 Å². The van der Waals surface area contributed by atoms with Crippen LogP contribution in [0.2, 0.25) is 0 Å². The van der Waals surface area contributed by atoms with Gasteiger partial charge in [0.2, 0.25) is 0 Å². The van der Waals surface area contributed by atoms with Crippen molar-refractivity contribution < 1.29 is 14.6 Å². The highest BCUT2D eigenvalue weighted by Gasteiger charge is 2.12. The first-order chi connectivity index (χ1) is 9.60. The normalized spacial score (nSPS) is 11.9. The first kappa shape index (κ1) is 14.1. The predicted molar refractivity (Wildman–Crippen MR) is 73.6 cm³/mol. The molecule has 1 atom stereocenters. The molecule has 1 aromatic carbocycles. The Bertz CT molecular complexity index is 578. The third kappa shape index (κ3) is 3.36. The number of aliphatic hydroxyl groups is 1. The summed E-state index contributed by atoms with van der Waals surface area (Å²) in [4.78, 5) is 11.8. The zero-order valence-corrected chi connectivity index (χ0v) is 11.4. The van der Waals surface area contributed by atoms with E-state index in [1.54, 1.807) is 37.4 Å². The summed E-state index contributed by atoms with van der Waals surface area (Å²) in [5, 5.41) is 19.2. The fraction of sp³-hybridized carbons (Fsp3) is 0.286. The van der Waals surface area contributed by atoms with Crippen molar-refractivity contribution in [2.45, 2.75) is 13.0 Å². The maximum atomic E-state index is 11.8. The van der Waals surface area contributed by atoms with Gasteiger partial charge in [-0.1, -0.05) is 12.1 Å². The standard InChI is InChI=1S/C14H17N3O3/c1-9-7-12(17-16-9)14(19)15-8-13(18)10-3-5-11(20-2)6-4-10/h3-7,13,18H,8H2,1-2H3,(H,15,19)(H,16,17). The number of nitrogens with one attached hydrogen (secondary N) is 2. The van der Waals surface area contributed by atoms with Crippen molar-refractivity contribution in [1.82, 2.24) is 15.5 Å². The molecular formula is C14H17N3O3. The van der Waals surface area contributed by atoms with Crippen molar-refractivity contribution >= 4 is 5.91 Å². The Hall–Kier alpha value is -2.34. The Balaban J connectivity index is 1.91. The predicted octanol–water partition coefficient (Wildman–Crippen LogP) is 1.19. The van der Waals surface area contributed by atoms with Crippen LogP contribution in [0.1, 0.15) is 27.8 Å². The quantitative estimate of drug-likeness (QED) is 0.765. The highest BCUT2D eigenvalue weighted by atomic mass is 16.5. The topological polar surface area (TPSA) is 87.2 Å². The second-order valence-corrected chi connectivity index (χ2v) is 4.44. The molecule has 20 heavy (non-hydrogen) atoms. The Labute approximate surface area is 116 Å². The fourth-order valence-electron chi connectivity index (χ4n) is 1.76. The number of nitrogens with zero attached hydrogens (tertiary/aromatic N) is 1. The molecule has 1 unspecified atom stereocenters. The third-order valence-corrected chi connectivity index (χ3v) is 2.90. The number of aryl methyl sites for hydroxylation is 1. The molecule has 2 rings (SSSR count). The summed E-state index contributed by atoms with van der Waals surface area (Å²) in [6, 6.07) is 8.69. The Morgan fingerprint density at radius 1 is 1.45 bits per heavy atom. The first-order valence-electron chi connectivity index (χ1n) is 6.22. The molecule has 1 aromatic heterocycles. The SMILES string of the molecule is COc1ccc(C(O)CNC(=O)c2cc(C)[nH]n2)cc1. The molecule has 6 heteroatoms. The number of aromatic nitrogens is 2. The van der Waals surface area contributed by atoms with Gasteiger partial charge in [-0.05, 0) is 30.7 Å². The van der Waals surface area contributed by atoms with E-state index in [4.69, 9.17) is 4.74 Å². The second kappa shape index (κ2) is 6.21. The summed E-state index contributed by atoms with van der Waals surface area (Å²) in [6.45, 7) is 1.94. The van der Waals surface area contributed by atoms with E-state index in [2.05, 4.69) is 15.5 Å². The Morgan fingerprint density at radius 2 is 2.15 bits per heavy atom. The zero-order valence-electron chi connectivity index (χ0n) is 11.4. The number of hydrogen-bond acceptors (Lipinski definition) is 4. The number of hydrogen-bond donors (Lipinski definition) is 3. The average molecular weight is 275 g/mol. The molecule has 0 saturated carbocycles. The van der Waals surface area contributed by atoms with Crippen LogP contribution in [0.25, 0.3) is 0 Å². The minimum Gasteiger partial charge on any atom is -0.497 e. The average Bonchev–Trinajstić information content (AvgIpc) is 2.91. The van der Waals surface area contributed by atoms with Crippen LogP contribution < -0.4 is 10.1 Å². The van der Waals surface area contributed by atoms with Gasteiger partial charge in [0.25, 0.3) is 5.91 Å². The van der Waals surface area contributed by atoms with E-state index in [0.29, 0.717) is 11.3 Å². The lowest BCUT2D eigenvalue weighted by molar-refractivity contribution is 0.0911. The van der Waals surface area contributed by atoms with Crippen LogP contribution in [0.3, 0.4) is 0 Å². The molecule has 2 aromatic rings. The van der Waals surface area contributed by atoms with E-state index < -0.39 is 6.10 Å². The highest BCUT2D eigenvalue weighted by molar-refractivity contribution is 5.92. The van der Waals surface area contributed by atoms with Crippen LogP contribution in [0.5, 0.6) is 5.75 Å². The monoisotopic (exact) mass is 275 g/mol. The largest absolute Gasteiger partial charge is 0.497 e. The first-order valence-corrected chi connectivity index (χ1v) is 6.22. The van der Waals surface area contributed by atoms with Crippen molar-refractivity contribution in [1.29, 1.82) is 0 Å². The van der Waals surface area contributed by atoms with Gasteiger partial charge >= 0.3 is 0 Å². The maximum absolute atomic E-state index is 11.8. The van der Waals surface area contributed by atoms with Crippen LogP contribution in [0, 0.1) is 6.92 Å². The van der Waals surface area contributed by atoms with Crippen molar-refractivity contribution in [2.24, 2.45) is 0 Å². The lowest BCUT2D eigenvalue weighted by Gasteiger charge is -2.12. The fourth-order valence-corrected chi connectivity index (χ4v) is 1.76. The molecule has 0 radical (unpaired) electrons. The molecule has 1 amide bonds. The molecule has 106 valence electrons. The van der Waals surface area contributed by atoms with Gasteiger partial charge in [0.1, 0.15) is 11.4 Å². The molecule has 0 saturated heterocycles. The molecule has 0 aliphatic rings. The number of amides is 1. The molecule has 0 spiro atoms. The molecule has 0 bridgehead atoms. The van der Waals surface area contributed by atoms with Crippen LogP contribution in [0.15, 0.2) is 30.3 Å². The molecule has 0 aliphatic heterocycles. The number of benzene rings is 1. The zero-order chi connectivity index (χ0) is 14.5. The summed E-state index contributed by atoms with van der Waals surface area (Å²) in [6.07, 6.45) is -0.773. The number of ether oxygens (including phenoxy) is 1. The van der Waals surface area contributed by atoms with Gasteiger partial charge in [-0.3, -0.25) is 9.89 Å². The number of rotatable bonds is 5. The van der Waals surface area contributed by atoms with Crippen molar-refractivity contribution in [2.75, 3.05) is 13.7 Å². The van der Waals surface area contributed by atoms with Crippen molar-refractivity contribution in [3.63, 3.8) is 0 Å². The molecule has 1 heterocycles. The number of methoxy groups -OCH3 is 1. The number of carbonyl (C=O) groups excluding carboxylic acids is 1. The summed E-state index contributed by atoms with van der Waals surface area (Å²) >= 11 is 0. The molecular weight excluding hydrogens is 258 g/mol. The maximum Gasteiger partial charge on any atom is 0.271 e. The lowest BCUT2D eigenvalue weighted by atomic mass is 10.1. The van der Waals surface area contributed by atoms with Gasteiger partial charge < -0.3 is 15.2 Å². The van der Waals surface area contributed by atoms with E-state index >= 15 is 0 Å². The lowest BCUT2D eigenvalue weighted by Crippen LogP contribution is -2.28. The summed E-state index contributed by atoms with van der Waals surface area (Å²) < 4.78 is 5.04. The molecule has 0 fully saturated rings. The van der Waals surface area contributed by atoms with Crippen molar-refractivity contribution in [3.05, 3.63) is 47.3 Å². The van der Waals surface area contributed by atoms with Gasteiger partial charge in [0.05, 0.1) is 13.2 Å². The Morgan fingerprint density at radius 3 is 2.70 bits per heavy atom. The second-order valence-electron chi connectivity index (χ2n) is 4.44. The van der Waals surface area contributed by atoms with E-state index in [9.17, 15) is 9.90 Å². The number of carbonyl (C=O) groups is 1. The van der Waals surface area contributed by atoms with Gasteiger partial charge in [-0.15, -0.1) is 0 Å². The van der Waals surface area contributed by atoms with E-state index in [0.717, 1.165) is 11.4 Å². The molecule has 6 nitrogen and oxygen atoms in total. The van der Waals surface area contributed by atoms with Crippen LogP contribution in [-0.2, 0) is 0 Å². The third-order valence-electron chi connectivity index (χ3n) is 2.90. The van der Waals surface area contributed by atoms with E-state index in [1.165, 1.54) is 0 Å². The molecule has 0 aliphatic carbocycles. The van der Waals surface area contributed by atoms with Crippen molar-refractivity contribution in [3.8, 4) is 5.75 Å². The minimum absolute atomic E-state index is 0.122. The van der Waals surface area contributed by atoms with E-state index in [-0.39, 0.29) is 12.5 Å². The Kier molecular flexibility index (Phi) is 4.37. The number of aliphatic hydroxyl groups excluding tert-OH is 1. The van der Waals surface area contributed by atoms with Gasteiger partial charge in [0, 0.05) is 12.2 Å². The highest BCUT2D eigenvalue weighted by Crippen LogP contribution is 2.17. The summed E-state index contributed by atoms with van der Waals surface area (Å²) in [7, 11) is 1.58. The van der Waals surface area contributed by atoms with Gasteiger partial charge in [-0.2, -0.15) is 5.10 Å². The number of aromatic amines is 1. The minimum atomic E-state index is -0.773. The van der Waals surface area contributed by atoms with Crippen LogP contribution >= 0.6 is 0 Å². The molecule has 3 N–H and O–H groups in total. The summed E-state index contributed by atoms with van der Waals surface area (Å²) in [5.41, 5.74) is 1.83. The summed E-state index contributed by atoms with van der Waals surface area (Å²) in [5.74, 6) is 0.402. The smallest absolute Gasteiger partial charge is 0.271 e. The van der Waals surface area contributed by atoms with Gasteiger partial charge in [-0.25, -0.2) is 0 Å². The van der Waals surface area contributed by atoms with Crippen LogP contribution in [0.4, 0.5) is 0 Å².